The first kappa shape index (κ1) is 18.2. The molecule has 4 rings (SSSR count). The summed E-state index contributed by atoms with van der Waals surface area (Å²) in [5, 5.41) is 14.0. The zero-order valence-electron chi connectivity index (χ0n) is 15.9. The molecule has 0 aliphatic heterocycles. The predicted octanol–water partition coefficient (Wildman–Crippen LogP) is 4.68. The second kappa shape index (κ2) is 7.85. The van der Waals surface area contributed by atoms with Crippen molar-refractivity contribution in [1.82, 2.24) is 14.9 Å². The molecule has 0 saturated heterocycles. The Morgan fingerprint density at radius 3 is 2.89 bits per heavy atom. The molecule has 1 atom stereocenters. The number of nitriles is 1. The fraction of sp³-hybridized carbons (Fsp3) is 0.571. The maximum atomic E-state index is 9.18. The van der Waals surface area contributed by atoms with E-state index < -0.39 is 0 Å². The Morgan fingerprint density at radius 2 is 2.15 bits per heavy atom. The first-order valence-corrected chi connectivity index (χ1v) is 10.7. The van der Waals surface area contributed by atoms with Gasteiger partial charge in [0.1, 0.15) is 17.0 Å². The zero-order chi connectivity index (χ0) is 18.8. The molecule has 6 heteroatoms. The summed E-state index contributed by atoms with van der Waals surface area (Å²) >= 11 is 1.78. The molecule has 2 aliphatic rings. The fourth-order valence-electron chi connectivity index (χ4n) is 4.66. The predicted molar refractivity (Wildman–Crippen MR) is 111 cm³/mol. The van der Waals surface area contributed by atoms with Gasteiger partial charge in [-0.3, -0.25) is 0 Å². The second-order valence-electron chi connectivity index (χ2n) is 7.84. The van der Waals surface area contributed by atoms with Crippen LogP contribution in [0.3, 0.4) is 0 Å². The molecule has 0 amide bonds. The van der Waals surface area contributed by atoms with Crippen LogP contribution in [0.25, 0.3) is 10.2 Å². The average Bonchev–Trinajstić information content (AvgIpc) is 3.26. The summed E-state index contributed by atoms with van der Waals surface area (Å²) in [5.41, 5.74) is 1.34. The van der Waals surface area contributed by atoms with Gasteiger partial charge in [-0.1, -0.05) is 6.58 Å². The van der Waals surface area contributed by atoms with E-state index in [1.54, 1.807) is 17.7 Å². The lowest BCUT2D eigenvalue weighted by molar-refractivity contribution is 0.217. The summed E-state index contributed by atoms with van der Waals surface area (Å²) in [6, 6.07) is 2.99. The fourth-order valence-corrected chi connectivity index (χ4v) is 5.90. The number of anilines is 1. The molecule has 142 valence electrons. The van der Waals surface area contributed by atoms with Gasteiger partial charge in [0, 0.05) is 30.9 Å². The van der Waals surface area contributed by atoms with Crippen molar-refractivity contribution in [3.8, 4) is 6.07 Å². The summed E-state index contributed by atoms with van der Waals surface area (Å²) in [6.45, 7) is 4.85. The molecule has 0 spiro atoms. The van der Waals surface area contributed by atoms with Gasteiger partial charge < -0.3 is 10.2 Å². The minimum Gasteiger partial charge on any atom is -0.378 e. The van der Waals surface area contributed by atoms with Crippen molar-refractivity contribution in [3.63, 3.8) is 0 Å². The van der Waals surface area contributed by atoms with E-state index in [0.717, 1.165) is 30.0 Å². The highest BCUT2D eigenvalue weighted by molar-refractivity contribution is 7.19. The average molecular weight is 382 g/mol. The standard InChI is InChI=1S/C21H27N5S/c1-3-26(2)16-7-4-14(5-8-16)12-23-20-19-18-15(10-11-22)6-9-17(18)27-21(19)25-13-24-20/h3,13-16H,1,4-10,12H2,2H3,(H,23,24,25). The molecule has 1 fully saturated rings. The number of nitrogens with one attached hydrogen (secondary N) is 1. The largest absolute Gasteiger partial charge is 0.378 e. The zero-order valence-corrected chi connectivity index (χ0v) is 16.8. The number of hydrogen-bond donors (Lipinski definition) is 1. The Bertz CT molecular complexity index is 859. The van der Waals surface area contributed by atoms with E-state index in [9.17, 15) is 5.26 Å². The van der Waals surface area contributed by atoms with Crippen LogP contribution in [0.5, 0.6) is 0 Å². The molecule has 27 heavy (non-hydrogen) atoms. The van der Waals surface area contributed by atoms with Crippen LogP contribution >= 0.6 is 11.3 Å². The van der Waals surface area contributed by atoms with Crippen LogP contribution in [0.2, 0.25) is 0 Å². The van der Waals surface area contributed by atoms with Crippen molar-refractivity contribution in [3.05, 3.63) is 29.5 Å². The Morgan fingerprint density at radius 1 is 1.33 bits per heavy atom. The maximum Gasteiger partial charge on any atom is 0.138 e. The first-order valence-electron chi connectivity index (χ1n) is 9.92. The molecule has 1 unspecified atom stereocenters. The Balaban J connectivity index is 1.47. The second-order valence-corrected chi connectivity index (χ2v) is 8.93. The van der Waals surface area contributed by atoms with Gasteiger partial charge in [0.05, 0.1) is 11.5 Å². The molecule has 2 aromatic heterocycles. The van der Waals surface area contributed by atoms with Gasteiger partial charge in [0.15, 0.2) is 0 Å². The number of aromatic nitrogens is 2. The van der Waals surface area contributed by atoms with E-state index in [4.69, 9.17) is 0 Å². The maximum absolute atomic E-state index is 9.18. The third kappa shape index (κ3) is 3.53. The lowest BCUT2D eigenvalue weighted by Crippen LogP contribution is -2.33. The van der Waals surface area contributed by atoms with Gasteiger partial charge in [0.2, 0.25) is 0 Å². The smallest absolute Gasteiger partial charge is 0.138 e. The lowest BCUT2D eigenvalue weighted by Gasteiger charge is -2.34. The number of nitrogens with zero attached hydrogens (tertiary/aromatic N) is 4. The number of rotatable bonds is 6. The van der Waals surface area contributed by atoms with Crippen molar-refractivity contribution >= 4 is 27.4 Å². The van der Waals surface area contributed by atoms with E-state index in [1.807, 2.05) is 6.20 Å². The van der Waals surface area contributed by atoms with Crippen LogP contribution in [0.1, 0.15) is 54.9 Å². The van der Waals surface area contributed by atoms with Crippen LogP contribution in [0, 0.1) is 17.2 Å². The van der Waals surface area contributed by atoms with Crippen LogP contribution in [-0.4, -0.2) is 34.5 Å². The van der Waals surface area contributed by atoms with E-state index in [-0.39, 0.29) is 0 Å². The molecular weight excluding hydrogens is 354 g/mol. The number of thiophene rings is 1. The highest BCUT2D eigenvalue weighted by Gasteiger charge is 2.30. The van der Waals surface area contributed by atoms with Crippen molar-refractivity contribution in [2.45, 2.75) is 56.9 Å². The van der Waals surface area contributed by atoms with E-state index in [1.165, 1.54) is 41.5 Å². The Hall–Kier alpha value is -2.13. The van der Waals surface area contributed by atoms with Crippen molar-refractivity contribution in [2.24, 2.45) is 5.92 Å². The van der Waals surface area contributed by atoms with E-state index in [2.05, 4.69) is 39.9 Å². The molecule has 5 nitrogen and oxygen atoms in total. The number of hydrogen-bond acceptors (Lipinski definition) is 6. The molecule has 2 aliphatic carbocycles. The summed E-state index contributed by atoms with van der Waals surface area (Å²) in [4.78, 5) is 13.8. The van der Waals surface area contributed by atoms with Crippen molar-refractivity contribution in [2.75, 3.05) is 18.9 Å². The molecule has 0 radical (unpaired) electrons. The molecule has 2 aromatic rings. The molecular formula is C21H27N5S. The van der Waals surface area contributed by atoms with E-state index in [0.29, 0.717) is 24.3 Å². The van der Waals surface area contributed by atoms with Crippen molar-refractivity contribution < 1.29 is 0 Å². The Kier molecular flexibility index (Phi) is 5.31. The quantitative estimate of drug-likeness (QED) is 0.787. The van der Waals surface area contributed by atoms with Gasteiger partial charge in [0.25, 0.3) is 0 Å². The van der Waals surface area contributed by atoms with Gasteiger partial charge in [-0.25, -0.2) is 9.97 Å². The summed E-state index contributed by atoms with van der Waals surface area (Å²) in [6.07, 6.45) is 11.3. The molecule has 0 bridgehead atoms. The van der Waals surface area contributed by atoms with Gasteiger partial charge in [-0.2, -0.15) is 5.26 Å². The van der Waals surface area contributed by atoms with Crippen LogP contribution < -0.4 is 5.32 Å². The minimum atomic E-state index is 0.343. The van der Waals surface area contributed by atoms with Gasteiger partial charge in [-0.05, 0) is 62.1 Å². The van der Waals surface area contributed by atoms with Crippen molar-refractivity contribution in [1.29, 1.82) is 5.26 Å². The lowest BCUT2D eigenvalue weighted by atomic mass is 9.85. The number of aryl methyl sites for hydroxylation is 1. The monoisotopic (exact) mass is 381 g/mol. The topological polar surface area (TPSA) is 64.8 Å². The number of fused-ring (bicyclic) bond motifs is 3. The molecule has 2 heterocycles. The van der Waals surface area contributed by atoms with Gasteiger partial charge >= 0.3 is 0 Å². The normalized spacial score (nSPS) is 24.4. The summed E-state index contributed by atoms with van der Waals surface area (Å²) < 4.78 is 0. The summed E-state index contributed by atoms with van der Waals surface area (Å²) in [5.74, 6) is 1.99. The highest BCUT2D eigenvalue weighted by atomic mass is 32.1. The third-order valence-corrected chi connectivity index (χ3v) is 7.48. The highest BCUT2D eigenvalue weighted by Crippen LogP contribution is 2.46. The van der Waals surface area contributed by atoms with Crippen LogP contribution in [0.15, 0.2) is 19.1 Å². The molecule has 1 N–H and O–H groups in total. The van der Waals surface area contributed by atoms with Crippen LogP contribution in [-0.2, 0) is 6.42 Å². The van der Waals surface area contributed by atoms with E-state index >= 15 is 0 Å². The third-order valence-electron chi connectivity index (χ3n) is 6.31. The SMILES string of the molecule is C=CN(C)C1CCC(CNc2ncnc3sc4c(c23)C(CC#N)CC4)CC1. The summed E-state index contributed by atoms with van der Waals surface area (Å²) in [7, 11) is 2.13. The van der Waals surface area contributed by atoms with Crippen LogP contribution in [0.4, 0.5) is 5.82 Å². The van der Waals surface area contributed by atoms with Gasteiger partial charge in [-0.15, -0.1) is 11.3 Å². The minimum absolute atomic E-state index is 0.343. The molecule has 1 saturated carbocycles. The first-order chi connectivity index (χ1) is 13.2. The molecule has 0 aromatic carbocycles. The Labute approximate surface area is 165 Å².